The van der Waals surface area contributed by atoms with Crippen LogP contribution in [0.1, 0.15) is 0 Å². The van der Waals surface area contributed by atoms with E-state index in [9.17, 15) is 0 Å². The van der Waals surface area contributed by atoms with Crippen molar-refractivity contribution in [2.45, 2.75) is 0 Å². The first-order valence-corrected chi connectivity index (χ1v) is 7.74. The summed E-state index contributed by atoms with van der Waals surface area (Å²) in [6.45, 7) is 0. The van der Waals surface area contributed by atoms with E-state index >= 15 is 0 Å². The van der Waals surface area contributed by atoms with Gasteiger partial charge in [-0.05, 0) is 22.0 Å². The fourth-order valence-corrected chi connectivity index (χ4v) is 3.25. The maximum atomic E-state index is 6.23. The van der Waals surface area contributed by atoms with Crippen LogP contribution in [0.15, 0.2) is 25.6 Å². The van der Waals surface area contributed by atoms with Crippen LogP contribution >= 0.6 is 39.1 Å². The summed E-state index contributed by atoms with van der Waals surface area (Å²) >= 11 is 16.7. The molecule has 1 aliphatic heterocycles. The highest BCUT2D eigenvalue weighted by Gasteiger charge is 2.20. The zero-order valence-electron chi connectivity index (χ0n) is 10.1. The van der Waals surface area contributed by atoms with Gasteiger partial charge in [-0.15, -0.1) is 0 Å². The first kappa shape index (κ1) is 14.7. The van der Waals surface area contributed by atoms with Gasteiger partial charge < -0.3 is 10.7 Å². The van der Waals surface area contributed by atoms with E-state index in [2.05, 4.69) is 45.4 Å². The number of fused-ring (bicyclic) bond motifs is 1. The molecule has 2 heterocycles. The number of hydrazine groups is 1. The molecule has 0 aliphatic carbocycles. The van der Waals surface area contributed by atoms with Crippen LogP contribution in [0.4, 0.5) is 28.7 Å². The molecule has 0 amide bonds. The summed E-state index contributed by atoms with van der Waals surface area (Å²) in [5.41, 5.74) is 4.18. The molecule has 0 spiro atoms. The topological polar surface area (TPSA) is 101 Å². The van der Waals surface area contributed by atoms with Crippen LogP contribution < -0.4 is 16.6 Å². The number of aromatic nitrogens is 2. The van der Waals surface area contributed by atoms with Crippen molar-refractivity contribution in [1.29, 1.82) is 0 Å². The smallest absolute Gasteiger partial charge is 0.159 e. The zero-order chi connectivity index (χ0) is 15.0. The third kappa shape index (κ3) is 2.62. The zero-order valence-corrected chi connectivity index (χ0v) is 14.0. The minimum atomic E-state index is 0.410. The third-order valence-electron chi connectivity index (χ3n) is 2.61. The van der Waals surface area contributed by atoms with Crippen LogP contribution in [-0.4, -0.2) is 9.97 Å². The number of hydrogen-bond donors (Lipinski definition) is 3. The molecular weight excluding hydrogens is 401 g/mol. The lowest BCUT2D eigenvalue weighted by atomic mass is 10.2. The molecule has 0 saturated carbocycles. The van der Waals surface area contributed by atoms with Crippen molar-refractivity contribution < 1.29 is 0 Å². The minimum Gasteiger partial charge on any atom is -0.336 e. The van der Waals surface area contributed by atoms with Crippen LogP contribution in [0.25, 0.3) is 0 Å². The van der Waals surface area contributed by atoms with Gasteiger partial charge in [0.1, 0.15) is 28.0 Å². The lowest BCUT2D eigenvalue weighted by molar-refractivity contribution is 1.12. The lowest BCUT2D eigenvalue weighted by Gasteiger charge is -2.13. The van der Waals surface area contributed by atoms with Gasteiger partial charge in [0.2, 0.25) is 0 Å². The average Bonchev–Trinajstić information content (AvgIpc) is 2.95. The van der Waals surface area contributed by atoms with Crippen LogP contribution in [0.5, 0.6) is 0 Å². The Morgan fingerprint density at radius 3 is 2.57 bits per heavy atom. The molecule has 108 valence electrons. The van der Waals surface area contributed by atoms with E-state index in [1.165, 1.54) is 6.33 Å². The summed E-state index contributed by atoms with van der Waals surface area (Å²) in [5.74, 6) is 6.29. The number of benzene rings is 1. The van der Waals surface area contributed by atoms with Gasteiger partial charge in [0.15, 0.2) is 5.82 Å². The quantitative estimate of drug-likeness (QED) is 0.444. The number of nitrogens with two attached hydrogens (primary N) is 1. The summed E-state index contributed by atoms with van der Waals surface area (Å²) in [7, 11) is 0. The second-order valence-corrected chi connectivity index (χ2v) is 5.97. The van der Waals surface area contributed by atoms with Crippen LogP contribution in [0.3, 0.4) is 0 Å². The molecule has 1 aromatic heterocycles. The van der Waals surface area contributed by atoms with Crippen molar-refractivity contribution in [1.82, 2.24) is 9.97 Å². The van der Waals surface area contributed by atoms with Gasteiger partial charge in [0.05, 0.1) is 27.1 Å². The Kier molecular flexibility index (Phi) is 4.09. The van der Waals surface area contributed by atoms with Crippen LogP contribution in [0.2, 0.25) is 10.0 Å². The van der Waals surface area contributed by atoms with Gasteiger partial charge in [0, 0.05) is 0 Å². The van der Waals surface area contributed by atoms with E-state index in [1.807, 2.05) is 0 Å². The van der Waals surface area contributed by atoms with Crippen molar-refractivity contribution in [3.8, 4) is 0 Å². The van der Waals surface area contributed by atoms with E-state index in [0.29, 0.717) is 43.2 Å². The Morgan fingerprint density at radius 2 is 1.81 bits per heavy atom. The Bertz CT molecular complexity index is 806. The normalized spacial score (nSPS) is 12.0. The van der Waals surface area contributed by atoms with Crippen molar-refractivity contribution >= 4 is 79.2 Å². The molecule has 7 nitrogen and oxygen atoms in total. The monoisotopic (exact) mass is 405 g/mol. The molecule has 1 aromatic carbocycles. The molecule has 0 radical (unpaired) electrons. The number of anilines is 3. The summed E-state index contributed by atoms with van der Waals surface area (Å²) < 4.78 is 8.91. The van der Waals surface area contributed by atoms with Gasteiger partial charge >= 0.3 is 0 Å². The predicted octanol–water partition coefficient (Wildman–Crippen LogP) is 4.30. The van der Waals surface area contributed by atoms with E-state index < -0.39 is 0 Å². The summed E-state index contributed by atoms with van der Waals surface area (Å²) in [5, 5.41) is 3.95. The number of halogens is 3. The summed E-state index contributed by atoms with van der Waals surface area (Å²) in [4.78, 5) is 8.11. The molecule has 1 aliphatic rings. The first-order chi connectivity index (χ1) is 10.1. The Morgan fingerprint density at radius 1 is 1.10 bits per heavy atom. The second-order valence-electron chi connectivity index (χ2n) is 3.83. The Hall–Kier alpha value is -1.26. The van der Waals surface area contributed by atoms with Gasteiger partial charge in [-0.1, -0.05) is 23.2 Å². The van der Waals surface area contributed by atoms with Gasteiger partial charge in [-0.2, -0.15) is 8.73 Å². The summed E-state index contributed by atoms with van der Waals surface area (Å²) in [6, 6.07) is 1.60. The second kappa shape index (κ2) is 5.85. The standard InChI is InChI=1S/C10H6BrCl2N7S/c11-5-9(15-2-16-10(5)18-14)17-6-3(12)1-4(13)7-8(6)20-21-19-7/h1-2H,14H2,(H2,15,16,17,18). The highest BCUT2D eigenvalue weighted by Crippen LogP contribution is 2.48. The van der Waals surface area contributed by atoms with Crippen molar-refractivity contribution in [2.24, 2.45) is 14.6 Å². The molecule has 0 fully saturated rings. The molecule has 0 saturated heterocycles. The van der Waals surface area contributed by atoms with E-state index in [1.54, 1.807) is 6.07 Å². The van der Waals surface area contributed by atoms with E-state index in [4.69, 9.17) is 29.0 Å². The third-order valence-corrected chi connectivity index (χ3v) is 4.48. The Balaban J connectivity index is 2.08. The molecule has 11 heteroatoms. The Labute approximate surface area is 141 Å². The molecule has 21 heavy (non-hydrogen) atoms. The summed E-state index contributed by atoms with van der Waals surface area (Å²) in [6.07, 6.45) is 1.36. The first-order valence-electron chi connectivity index (χ1n) is 5.46. The highest BCUT2D eigenvalue weighted by molar-refractivity contribution is 9.10. The number of nitrogens with one attached hydrogen (secondary N) is 2. The van der Waals surface area contributed by atoms with Crippen LogP contribution in [-0.2, 0) is 11.4 Å². The maximum Gasteiger partial charge on any atom is 0.159 e. The number of nitrogens with zero attached hydrogens (tertiary/aromatic N) is 4. The maximum absolute atomic E-state index is 6.23. The number of hydrogen-bond acceptors (Lipinski definition) is 7. The fraction of sp³-hybridized carbons (Fsp3) is 0. The average molecular weight is 407 g/mol. The molecule has 0 bridgehead atoms. The predicted molar refractivity (Wildman–Crippen MR) is 88.8 cm³/mol. The van der Waals surface area contributed by atoms with E-state index in [0.717, 1.165) is 11.4 Å². The van der Waals surface area contributed by atoms with Crippen molar-refractivity contribution in [2.75, 3.05) is 10.7 Å². The van der Waals surface area contributed by atoms with Crippen molar-refractivity contribution in [3.05, 3.63) is 26.9 Å². The number of rotatable bonds is 3. The largest absolute Gasteiger partial charge is 0.336 e. The molecule has 0 atom stereocenters. The van der Waals surface area contributed by atoms with Crippen molar-refractivity contribution in [3.63, 3.8) is 0 Å². The minimum absolute atomic E-state index is 0.410. The number of nitrogen functional groups attached to an aromatic ring is 1. The molecular formula is C10H6BrCl2N7S. The van der Waals surface area contributed by atoms with Gasteiger partial charge in [-0.25, -0.2) is 15.8 Å². The van der Waals surface area contributed by atoms with E-state index in [-0.39, 0.29) is 0 Å². The molecule has 3 rings (SSSR count). The molecule has 0 unspecified atom stereocenters. The van der Waals surface area contributed by atoms with Crippen LogP contribution in [0, 0.1) is 0 Å². The fourth-order valence-electron chi connectivity index (χ4n) is 1.67. The lowest BCUT2D eigenvalue weighted by Crippen LogP contribution is -2.10. The highest BCUT2D eigenvalue weighted by atomic mass is 79.9. The SMILES string of the molecule is NNc1ncnc(Nc2c(Cl)cc(Cl)c3c2N=S=N3)c1Br. The van der Waals surface area contributed by atoms with Gasteiger partial charge in [0.25, 0.3) is 0 Å². The molecule has 4 N–H and O–H groups in total. The molecule has 2 aromatic rings. The van der Waals surface area contributed by atoms with Gasteiger partial charge in [-0.3, -0.25) is 0 Å².